The van der Waals surface area contributed by atoms with E-state index in [1.165, 1.54) is 0 Å². The van der Waals surface area contributed by atoms with Crippen molar-refractivity contribution in [3.63, 3.8) is 0 Å². The quantitative estimate of drug-likeness (QED) is 0.726. The van der Waals surface area contributed by atoms with Crippen LogP contribution >= 0.6 is 0 Å². The van der Waals surface area contributed by atoms with Gasteiger partial charge in [-0.05, 0) is 44.1 Å². The van der Waals surface area contributed by atoms with Gasteiger partial charge >= 0.3 is 5.97 Å². The summed E-state index contributed by atoms with van der Waals surface area (Å²) in [5, 5.41) is 0. The van der Waals surface area contributed by atoms with Crippen LogP contribution in [0.3, 0.4) is 0 Å². The first-order valence-corrected chi connectivity index (χ1v) is 6.55. The second kappa shape index (κ2) is 7.17. The van der Waals surface area contributed by atoms with E-state index in [1.807, 2.05) is 32.0 Å². The fourth-order valence-corrected chi connectivity index (χ4v) is 1.86. The second-order valence-electron chi connectivity index (χ2n) is 4.41. The molecule has 0 atom stereocenters. The van der Waals surface area contributed by atoms with E-state index in [0.29, 0.717) is 12.2 Å². The molecule has 0 N–H and O–H groups in total. The molecule has 3 nitrogen and oxygen atoms in total. The van der Waals surface area contributed by atoms with Gasteiger partial charge in [-0.1, -0.05) is 26.0 Å². The maximum atomic E-state index is 11.9. The van der Waals surface area contributed by atoms with Crippen molar-refractivity contribution in [2.75, 3.05) is 26.2 Å². The SMILES string of the molecule is CCN(CC)CCOC(=O)c1cccc(C)c1C. The average molecular weight is 249 g/mol. The van der Waals surface area contributed by atoms with E-state index in [4.69, 9.17) is 4.74 Å². The van der Waals surface area contributed by atoms with Gasteiger partial charge in [-0.15, -0.1) is 0 Å². The van der Waals surface area contributed by atoms with Gasteiger partial charge < -0.3 is 9.64 Å². The maximum absolute atomic E-state index is 11.9. The molecule has 0 heterocycles. The maximum Gasteiger partial charge on any atom is 0.338 e. The van der Waals surface area contributed by atoms with Gasteiger partial charge in [0, 0.05) is 6.54 Å². The lowest BCUT2D eigenvalue weighted by atomic mass is 10.0. The van der Waals surface area contributed by atoms with Crippen LogP contribution in [0.5, 0.6) is 0 Å². The number of carbonyl (C=O) groups excluding carboxylic acids is 1. The Kier molecular flexibility index (Phi) is 5.86. The monoisotopic (exact) mass is 249 g/mol. The number of benzene rings is 1. The Bertz CT molecular complexity index is 397. The third kappa shape index (κ3) is 3.84. The second-order valence-corrected chi connectivity index (χ2v) is 4.41. The zero-order valence-electron chi connectivity index (χ0n) is 11.8. The predicted octanol–water partition coefficient (Wildman–Crippen LogP) is 2.80. The van der Waals surface area contributed by atoms with Crippen molar-refractivity contribution in [2.24, 2.45) is 0 Å². The number of nitrogens with zero attached hydrogens (tertiary/aromatic N) is 1. The molecular weight excluding hydrogens is 226 g/mol. The third-order valence-electron chi connectivity index (χ3n) is 3.36. The number of hydrogen-bond acceptors (Lipinski definition) is 3. The van der Waals surface area contributed by atoms with Crippen LogP contribution in [0.25, 0.3) is 0 Å². The lowest BCUT2D eigenvalue weighted by Gasteiger charge is -2.17. The number of esters is 1. The number of aryl methyl sites for hydroxylation is 1. The van der Waals surface area contributed by atoms with Crippen LogP contribution in [-0.4, -0.2) is 37.1 Å². The zero-order valence-corrected chi connectivity index (χ0v) is 11.8. The Hall–Kier alpha value is -1.35. The van der Waals surface area contributed by atoms with Gasteiger partial charge in [-0.25, -0.2) is 4.79 Å². The minimum absolute atomic E-state index is 0.219. The molecule has 0 aliphatic heterocycles. The van der Waals surface area contributed by atoms with Gasteiger partial charge in [0.1, 0.15) is 6.61 Å². The highest BCUT2D eigenvalue weighted by molar-refractivity contribution is 5.91. The molecule has 1 aromatic rings. The topological polar surface area (TPSA) is 29.5 Å². The molecule has 0 saturated heterocycles. The summed E-state index contributed by atoms with van der Waals surface area (Å²) in [6, 6.07) is 5.72. The molecule has 0 radical (unpaired) electrons. The van der Waals surface area contributed by atoms with Crippen molar-refractivity contribution >= 4 is 5.97 Å². The van der Waals surface area contributed by atoms with E-state index < -0.39 is 0 Å². The Balaban J connectivity index is 2.53. The summed E-state index contributed by atoms with van der Waals surface area (Å²) < 4.78 is 5.32. The molecule has 0 spiro atoms. The van der Waals surface area contributed by atoms with Crippen molar-refractivity contribution in [3.05, 3.63) is 34.9 Å². The molecule has 0 amide bonds. The summed E-state index contributed by atoms with van der Waals surface area (Å²) in [5.74, 6) is -0.219. The molecule has 1 rings (SSSR count). The Morgan fingerprint density at radius 1 is 1.22 bits per heavy atom. The number of ether oxygens (including phenoxy) is 1. The van der Waals surface area contributed by atoms with Crippen LogP contribution in [0.1, 0.15) is 35.3 Å². The highest BCUT2D eigenvalue weighted by Gasteiger charge is 2.11. The zero-order chi connectivity index (χ0) is 13.5. The van der Waals surface area contributed by atoms with Crippen LogP contribution in [0, 0.1) is 13.8 Å². The van der Waals surface area contributed by atoms with Crippen molar-refractivity contribution < 1.29 is 9.53 Å². The first kappa shape index (κ1) is 14.7. The molecule has 100 valence electrons. The first-order valence-electron chi connectivity index (χ1n) is 6.55. The molecule has 1 aromatic carbocycles. The van der Waals surface area contributed by atoms with E-state index in [9.17, 15) is 4.79 Å². The van der Waals surface area contributed by atoms with E-state index in [1.54, 1.807) is 0 Å². The average Bonchev–Trinajstić information content (AvgIpc) is 2.37. The lowest BCUT2D eigenvalue weighted by molar-refractivity contribution is 0.0465. The lowest BCUT2D eigenvalue weighted by Crippen LogP contribution is -2.28. The van der Waals surface area contributed by atoms with E-state index in [-0.39, 0.29) is 5.97 Å². The largest absolute Gasteiger partial charge is 0.461 e. The molecular formula is C15H23NO2. The molecule has 18 heavy (non-hydrogen) atoms. The van der Waals surface area contributed by atoms with Gasteiger partial charge in [0.15, 0.2) is 0 Å². The summed E-state index contributed by atoms with van der Waals surface area (Å²) in [4.78, 5) is 14.2. The smallest absolute Gasteiger partial charge is 0.338 e. The van der Waals surface area contributed by atoms with Crippen molar-refractivity contribution in [1.29, 1.82) is 0 Å². The fraction of sp³-hybridized carbons (Fsp3) is 0.533. The molecule has 0 aromatic heterocycles. The fourth-order valence-electron chi connectivity index (χ4n) is 1.86. The van der Waals surface area contributed by atoms with Gasteiger partial charge in [0.25, 0.3) is 0 Å². The van der Waals surface area contributed by atoms with Crippen LogP contribution < -0.4 is 0 Å². The van der Waals surface area contributed by atoms with Crippen LogP contribution in [0.15, 0.2) is 18.2 Å². The van der Waals surface area contributed by atoms with Gasteiger partial charge in [0.2, 0.25) is 0 Å². The molecule has 0 aliphatic rings. The van der Waals surface area contributed by atoms with E-state index in [0.717, 1.165) is 30.8 Å². The first-order chi connectivity index (χ1) is 8.60. The minimum atomic E-state index is -0.219. The highest BCUT2D eigenvalue weighted by Crippen LogP contribution is 2.13. The third-order valence-corrected chi connectivity index (χ3v) is 3.36. The summed E-state index contributed by atoms with van der Waals surface area (Å²) in [6.07, 6.45) is 0. The normalized spacial score (nSPS) is 10.7. The molecule has 0 bridgehead atoms. The highest BCUT2D eigenvalue weighted by atomic mass is 16.5. The van der Waals surface area contributed by atoms with E-state index >= 15 is 0 Å². The standard InChI is InChI=1S/C15H23NO2/c1-5-16(6-2)10-11-18-15(17)14-9-7-8-12(3)13(14)4/h7-9H,5-6,10-11H2,1-4H3. The Morgan fingerprint density at radius 2 is 1.89 bits per heavy atom. The Morgan fingerprint density at radius 3 is 2.50 bits per heavy atom. The summed E-state index contributed by atoms with van der Waals surface area (Å²) in [5.41, 5.74) is 2.80. The van der Waals surface area contributed by atoms with Crippen LogP contribution in [0.4, 0.5) is 0 Å². The summed E-state index contributed by atoms with van der Waals surface area (Å²) in [6.45, 7) is 11.4. The number of likely N-dealkylation sites (N-methyl/N-ethyl adjacent to an activating group) is 1. The summed E-state index contributed by atoms with van der Waals surface area (Å²) in [7, 11) is 0. The van der Waals surface area contributed by atoms with Gasteiger partial charge in [-0.3, -0.25) is 0 Å². The van der Waals surface area contributed by atoms with Crippen LogP contribution in [0.2, 0.25) is 0 Å². The Labute approximate surface area is 110 Å². The number of carbonyl (C=O) groups is 1. The molecule has 0 fully saturated rings. The van der Waals surface area contributed by atoms with Crippen molar-refractivity contribution in [2.45, 2.75) is 27.7 Å². The molecule has 0 aliphatic carbocycles. The minimum Gasteiger partial charge on any atom is -0.461 e. The predicted molar refractivity (Wildman–Crippen MR) is 74.0 cm³/mol. The van der Waals surface area contributed by atoms with Crippen molar-refractivity contribution in [3.8, 4) is 0 Å². The molecule has 0 saturated carbocycles. The molecule has 3 heteroatoms. The molecule has 0 unspecified atom stereocenters. The number of rotatable bonds is 6. The van der Waals surface area contributed by atoms with Crippen molar-refractivity contribution in [1.82, 2.24) is 4.90 Å². The van der Waals surface area contributed by atoms with Crippen LogP contribution in [-0.2, 0) is 4.74 Å². The van der Waals surface area contributed by atoms with Gasteiger partial charge in [0.05, 0.1) is 5.56 Å². The van der Waals surface area contributed by atoms with Gasteiger partial charge in [-0.2, -0.15) is 0 Å². The summed E-state index contributed by atoms with van der Waals surface area (Å²) >= 11 is 0. The number of hydrogen-bond donors (Lipinski definition) is 0. The van der Waals surface area contributed by atoms with E-state index in [2.05, 4.69) is 18.7 Å².